The van der Waals surface area contributed by atoms with Crippen molar-refractivity contribution in [2.24, 2.45) is 5.92 Å². The molecular weight excluding hydrogens is 210 g/mol. The minimum absolute atomic E-state index is 0.694. The normalized spacial score (nSPS) is 27.6. The van der Waals surface area contributed by atoms with E-state index in [0.29, 0.717) is 12.0 Å². The standard InChI is InChI=1S/C15H23NO/c1-4-16-15-10-14(11(15)3)12-7-6-8-13(9-12)17-5-2/h6-9,11,14-16H,4-5,10H2,1-3H3. The molecule has 0 heterocycles. The zero-order valence-electron chi connectivity index (χ0n) is 11.1. The van der Waals surface area contributed by atoms with Crippen LogP contribution in [0.3, 0.4) is 0 Å². The van der Waals surface area contributed by atoms with E-state index >= 15 is 0 Å². The van der Waals surface area contributed by atoms with Gasteiger partial charge in [-0.05, 0) is 49.4 Å². The van der Waals surface area contributed by atoms with Crippen molar-refractivity contribution in [3.63, 3.8) is 0 Å². The zero-order chi connectivity index (χ0) is 12.3. The summed E-state index contributed by atoms with van der Waals surface area (Å²) in [5, 5.41) is 3.54. The third-order valence-corrected chi connectivity index (χ3v) is 3.84. The maximum absolute atomic E-state index is 5.56. The summed E-state index contributed by atoms with van der Waals surface area (Å²) in [6, 6.07) is 9.27. The molecule has 3 atom stereocenters. The summed E-state index contributed by atoms with van der Waals surface area (Å²) in [4.78, 5) is 0. The highest BCUT2D eigenvalue weighted by atomic mass is 16.5. The predicted octanol–water partition coefficient (Wildman–Crippen LogP) is 3.19. The van der Waals surface area contributed by atoms with E-state index in [4.69, 9.17) is 4.74 Å². The second-order valence-electron chi connectivity index (χ2n) is 4.87. The Morgan fingerprint density at radius 3 is 2.82 bits per heavy atom. The van der Waals surface area contributed by atoms with Crippen LogP contribution >= 0.6 is 0 Å². The topological polar surface area (TPSA) is 21.3 Å². The van der Waals surface area contributed by atoms with Crippen LogP contribution in [0.1, 0.15) is 38.7 Å². The second-order valence-corrected chi connectivity index (χ2v) is 4.87. The van der Waals surface area contributed by atoms with Gasteiger partial charge in [-0.2, -0.15) is 0 Å². The maximum Gasteiger partial charge on any atom is 0.119 e. The van der Waals surface area contributed by atoms with Crippen LogP contribution in [0.5, 0.6) is 5.75 Å². The Morgan fingerprint density at radius 2 is 2.18 bits per heavy atom. The molecule has 0 spiro atoms. The van der Waals surface area contributed by atoms with Crippen molar-refractivity contribution >= 4 is 0 Å². The van der Waals surface area contributed by atoms with Crippen molar-refractivity contribution in [2.75, 3.05) is 13.2 Å². The molecule has 0 saturated heterocycles. The Hall–Kier alpha value is -1.02. The minimum Gasteiger partial charge on any atom is -0.494 e. The molecule has 1 aromatic carbocycles. The van der Waals surface area contributed by atoms with E-state index in [2.05, 4.69) is 37.4 Å². The van der Waals surface area contributed by atoms with E-state index in [1.165, 1.54) is 12.0 Å². The second kappa shape index (κ2) is 5.54. The van der Waals surface area contributed by atoms with Gasteiger partial charge in [0.15, 0.2) is 0 Å². The maximum atomic E-state index is 5.56. The first-order valence-electron chi connectivity index (χ1n) is 6.72. The van der Waals surface area contributed by atoms with Crippen LogP contribution in [-0.2, 0) is 0 Å². The van der Waals surface area contributed by atoms with Crippen LogP contribution in [0, 0.1) is 5.92 Å². The van der Waals surface area contributed by atoms with Crippen LogP contribution in [-0.4, -0.2) is 19.2 Å². The van der Waals surface area contributed by atoms with Crippen molar-refractivity contribution < 1.29 is 4.74 Å². The molecule has 2 nitrogen and oxygen atoms in total. The first-order valence-corrected chi connectivity index (χ1v) is 6.72. The first-order chi connectivity index (χ1) is 8.26. The Morgan fingerprint density at radius 1 is 1.35 bits per heavy atom. The van der Waals surface area contributed by atoms with Crippen molar-refractivity contribution in [1.29, 1.82) is 0 Å². The molecule has 0 radical (unpaired) electrons. The van der Waals surface area contributed by atoms with E-state index in [9.17, 15) is 0 Å². The number of hydrogen-bond acceptors (Lipinski definition) is 2. The molecular formula is C15H23NO. The Bertz CT molecular complexity index is 364. The van der Waals surface area contributed by atoms with Crippen molar-refractivity contribution in [2.45, 2.75) is 39.2 Å². The summed E-state index contributed by atoms with van der Waals surface area (Å²) in [7, 11) is 0. The minimum atomic E-state index is 0.694. The van der Waals surface area contributed by atoms with Gasteiger partial charge in [0, 0.05) is 6.04 Å². The van der Waals surface area contributed by atoms with E-state index in [1.54, 1.807) is 0 Å². The van der Waals surface area contributed by atoms with E-state index < -0.39 is 0 Å². The number of benzene rings is 1. The summed E-state index contributed by atoms with van der Waals surface area (Å²) in [5.41, 5.74) is 1.43. The molecule has 1 aliphatic rings. The molecule has 3 unspecified atom stereocenters. The third-order valence-electron chi connectivity index (χ3n) is 3.84. The van der Waals surface area contributed by atoms with Gasteiger partial charge < -0.3 is 10.1 Å². The molecule has 0 amide bonds. The zero-order valence-corrected chi connectivity index (χ0v) is 11.1. The largest absolute Gasteiger partial charge is 0.494 e. The monoisotopic (exact) mass is 233 g/mol. The molecule has 17 heavy (non-hydrogen) atoms. The van der Waals surface area contributed by atoms with Gasteiger partial charge in [0.2, 0.25) is 0 Å². The molecule has 1 N–H and O–H groups in total. The van der Waals surface area contributed by atoms with Crippen LogP contribution in [0.15, 0.2) is 24.3 Å². The van der Waals surface area contributed by atoms with Crippen LogP contribution < -0.4 is 10.1 Å². The lowest BCUT2D eigenvalue weighted by atomic mass is 9.67. The summed E-state index contributed by atoms with van der Waals surface area (Å²) in [5.74, 6) is 2.43. The van der Waals surface area contributed by atoms with Crippen LogP contribution in [0.25, 0.3) is 0 Å². The average Bonchev–Trinajstić information content (AvgIpc) is 2.34. The number of nitrogens with one attached hydrogen (secondary N) is 1. The molecule has 2 heteroatoms. The molecule has 1 fully saturated rings. The van der Waals surface area contributed by atoms with E-state index in [-0.39, 0.29) is 0 Å². The van der Waals surface area contributed by atoms with E-state index in [0.717, 1.165) is 24.8 Å². The Balaban J connectivity index is 2.01. The lowest BCUT2D eigenvalue weighted by Crippen LogP contribution is -2.47. The third kappa shape index (κ3) is 2.63. The van der Waals surface area contributed by atoms with Gasteiger partial charge in [-0.15, -0.1) is 0 Å². The number of ether oxygens (including phenoxy) is 1. The van der Waals surface area contributed by atoms with Crippen LogP contribution in [0.2, 0.25) is 0 Å². The fraction of sp³-hybridized carbons (Fsp3) is 0.600. The predicted molar refractivity (Wildman–Crippen MR) is 71.6 cm³/mol. The quantitative estimate of drug-likeness (QED) is 0.843. The summed E-state index contributed by atoms with van der Waals surface area (Å²) < 4.78 is 5.56. The molecule has 94 valence electrons. The van der Waals surface area contributed by atoms with Crippen molar-refractivity contribution in [1.82, 2.24) is 5.32 Å². The van der Waals surface area contributed by atoms with Crippen molar-refractivity contribution in [3.8, 4) is 5.75 Å². The highest BCUT2D eigenvalue weighted by Gasteiger charge is 2.37. The summed E-state index contributed by atoms with van der Waals surface area (Å²) in [6.07, 6.45) is 1.25. The lowest BCUT2D eigenvalue weighted by molar-refractivity contribution is 0.186. The molecule has 0 aliphatic heterocycles. The van der Waals surface area contributed by atoms with Gasteiger partial charge in [0.25, 0.3) is 0 Å². The molecule has 0 bridgehead atoms. The molecule has 0 aromatic heterocycles. The SMILES string of the molecule is CCNC1CC(c2cccc(OCC)c2)C1C. The van der Waals surface area contributed by atoms with Crippen molar-refractivity contribution in [3.05, 3.63) is 29.8 Å². The molecule has 1 saturated carbocycles. The lowest BCUT2D eigenvalue weighted by Gasteiger charge is -2.43. The summed E-state index contributed by atoms with van der Waals surface area (Å²) in [6.45, 7) is 8.36. The van der Waals surface area contributed by atoms with Gasteiger partial charge in [0.1, 0.15) is 5.75 Å². The Labute approximate surface area is 104 Å². The Kier molecular flexibility index (Phi) is 4.06. The van der Waals surface area contributed by atoms with Gasteiger partial charge in [0.05, 0.1) is 6.61 Å². The van der Waals surface area contributed by atoms with Gasteiger partial charge in [-0.1, -0.05) is 26.0 Å². The summed E-state index contributed by atoms with van der Waals surface area (Å²) >= 11 is 0. The number of hydrogen-bond donors (Lipinski definition) is 1. The van der Waals surface area contributed by atoms with Gasteiger partial charge in [-0.3, -0.25) is 0 Å². The van der Waals surface area contributed by atoms with E-state index in [1.807, 2.05) is 13.0 Å². The highest BCUT2D eigenvalue weighted by Crippen LogP contribution is 2.43. The number of rotatable bonds is 5. The van der Waals surface area contributed by atoms with Gasteiger partial charge in [-0.25, -0.2) is 0 Å². The fourth-order valence-electron chi connectivity index (χ4n) is 2.76. The first kappa shape index (κ1) is 12.4. The highest BCUT2D eigenvalue weighted by molar-refractivity contribution is 5.33. The average molecular weight is 233 g/mol. The molecule has 1 aliphatic carbocycles. The fourth-order valence-corrected chi connectivity index (χ4v) is 2.76. The molecule has 1 aromatic rings. The molecule has 2 rings (SSSR count). The van der Waals surface area contributed by atoms with Gasteiger partial charge >= 0.3 is 0 Å². The smallest absolute Gasteiger partial charge is 0.119 e. The van der Waals surface area contributed by atoms with Crippen LogP contribution in [0.4, 0.5) is 0 Å².